The highest BCUT2D eigenvalue weighted by molar-refractivity contribution is 5.96. The molecule has 1 aliphatic rings. The molecule has 5 heteroatoms. The molecule has 1 atom stereocenters. The minimum absolute atomic E-state index is 0.0467. The van der Waals surface area contributed by atoms with Gasteiger partial charge in [0.25, 0.3) is 0 Å². The molecule has 1 aromatic carbocycles. The second-order valence-electron chi connectivity index (χ2n) is 4.72. The third kappa shape index (κ3) is 1.82. The molecule has 5 nitrogen and oxygen atoms in total. The zero-order valence-electron chi connectivity index (χ0n) is 10.5. The molecular weight excluding hydrogens is 244 g/mol. The lowest BCUT2D eigenvalue weighted by Gasteiger charge is -2.09. The molecule has 0 fully saturated rings. The second-order valence-corrected chi connectivity index (χ2v) is 4.72. The number of carboxylic acids is 1. The zero-order chi connectivity index (χ0) is 13.6. The number of rotatable bonds is 2. The normalized spacial score (nSPS) is 17.3. The Morgan fingerprint density at radius 2 is 2.37 bits per heavy atom. The fraction of sp³-hybridized carbons (Fsp3) is 0.286. The Morgan fingerprint density at radius 3 is 3.05 bits per heavy atom. The van der Waals surface area contributed by atoms with Crippen molar-refractivity contribution >= 4 is 16.9 Å². The molecule has 3 rings (SSSR count). The van der Waals surface area contributed by atoms with E-state index in [1.165, 1.54) is 0 Å². The van der Waals surface area contributed by atoms with Gasteiger partial charge in [-0.25, -0.2) is 4.79 Å². The predicted molar refractivity (Wildman–Crippen MR) is 70.6 cm³/mol. The van der Waals surface area contributed by atoms with Crippen LogP contribution < -0.4 is 10.5 Å². The number of pyridine rings is 1. The minimum atomic E-state index is -0.954. The van der Waals surface area contributed by atoms with Crippen LogP contribution in [0.4, 0.5) is 0 Å². The van der Waals surface area contributed by atoms with Gasteiger partial charge in [-0.1, -0.05) is 0 Å². The highest BCUT2D eigenvalue weighted by Crippen LogP contribution is 2.37. The summed E-state index contributed by atoms with van der Waals surface area (Å²) in [6.45, 7) is 2.37. The Labute approximate surface area is 110 Å². The number of ether oxygens (including phenoxy) is 1. The summed E-state index contributed by atoms with van der Waals surface area (Å²) < 4.78 is 5.83. The van der Waals surface area contributed by atoms with Crippen LogP contribution >= 0.6 is 0 Å². The number of carboxylic acid groups (broad SMARTS) is 1. The van der Waals surface area contributed by atoms with E-state index in [-0.39, 0.29) is 11.7 Å². The molecule has 0 aliphatic carbocycles. The van der Waals surface area contributed by atoms with Crippen LogP contribution in [0.3, 0.4) is 0 Å². The number of aromatic nitrogens is 1. The number of benzene rings is 1. The number of aryl methyl sites for hydroxylation is 1. The molecule has 0 unspecified atom stereocenters. The van der Waals surface area contributed by atoms with Crippen LogP contribution in [0.25, 0.3) is 10.9 Å². The molecule has 0 saturated carbocycles. The molecule has 0 saturated heterocycles. The molecule has 2 aromatic rings. The zero-order valence-corrected chi connectivity index (χ0v) is 10.5. The largest absolute Gasteiger partial charge is 0.488 e. The molecule has 3 N–H and O–H groups in total. The van der Waals surface area contributed by atoms with Crippen molar-refractivity contribution in [2.24, 2.45) is 5.73 Å². The lowest BCUT2D eigenvalue weighted by molar-refractivity contribution is 0.0697. The fourth-order valence-corrected chi connectivity index (χ4v) is 2.47. The maximum absolute atomic E-state index is 11.1. The van der Waals surface area contributed by atoms with Gasteiger partial charge < -0.3 is 15.6 Å². The van der Waals surface area contributed by atoms with Crippen LogP contribution in [0.2, 0.25) is 0 Å². The topological polar surface area (TPSA) is 85.4 Å². The highest BCUT2D eigenvalue weighted by atomic mass is 16.5. The molecule has 1 aromatic heterocycles. The van der Waals surface area contributed by atoms with E-state index in [1.54, 1.807) is 18.2 Å². The van der Waals surface area contributed by atoms with Gasteiger partial charge in [-0.2, -0.15) is 0 Å². The van der Waals surface area contributed by atoms with Crippen LogP contribution in [0.15, 0.2) is 18.2 Å². The summed E-state index contributed by atoms with van der Waals surface area (Å²) >= 11 is 0. The van der Waals surface area contributed by atoms with Crippen molar-refractivity contribution in [3.8, 4) is 5.75 Å². The van der Waals surface area contributed by atoms with Crippen molar-refractivity contribution < 1.29 is 14.6 Å². The van der Waals surface area contributed by atoms with E-state index in [0.717, 1.165) is 34.3 Å². The van der Waals surface area contributed by atoms with E-state index in [1.807, 2.05) is 6.92 Å². The Hall–Kier alpha value is -2.14. The van der Waals surface area contributed by atoms with E-state index in [9.17, 15) is 4.79 Å². The van der Waals surface area contributed by atoms with E-state index >= 15 is 0 Å². The Bertz CT molecular complexity index is 682. The van der Waals surface area contributed by atoms with E-state index in [2.05, 4.69) is 4.98 Å². The summed E-state index contributed by atoms with van der Waals surface area (Å²) in [6, 6.07) is 4.88. The van der Waals surface area contributed by atoms with Crippen molar-refractivity contribution in [1.82, 2.24) is 4.98 Å². The molecule has 0 spiro atoms. The lowest BCUT2D eigenvalue weighted by atomic mass is 10.0. The van der Waals surface area contributed by atoms with Gasteiger partial charge in [0.05, 0.1) is 11.1 Å². The van der Waals surface area contributed by atoms with E-state index in [0.29, 0.717) is 6.54 Å². The third-order valence-electron chi connectivity index (χ3n) is 3.47. The van der Waals surface area contributed by atoms with Crippen LogP contribution in [-0.2, 0) is 6.42 Å². The van der Waals surface area contributed by atoms with Crippen molar-refractivity contribution in [3.63, 3.8) is 0 Å². The van der Waals surface area contributed by atoms with Gasteiger partial charge in [0.15, 0.2) is 0 Å². The lowest BCUT2D eigenvalue weighted by Crippen LogP contribution is -2.24. The van der Waals surface area contributed by atoms with Crippen LogP contribution in [-0.4, -0.2) is 28.7 Å². The molecule has 0 radical (unpaired) electrons. The third-order valence-corrected chi connectivity index (χ3v) is 3.47. The highest BCUT2D eigenvalue weighted by Gasteiger charge is 2.26. The van der Waals surface area contributed by atoms with Crippen LogP contribution in [0, 0.1) is 6.92 Å². The fourth-order valence-electron chi connectivity index (χ4n) is 2.47. The first kappa shape index (κ1) is 11.9. The molecule has 19 heavy (non-hydrogen) atoms. The predicted octanol–water partition coefficient (Wildman–Crippen LogP) is 1.50. The summed E-state index contributed by atoms with van der Waals surface area (Å²) in [5.74, 6) is -0.217. The second kappa shape index (κ2) is 4.20. The van der Waals surface area contributed by atoms with Gasteiger partial charge in [-0.05, 0) is 25.1 Å². The van der Waals surface area contributed by atoms with Gasteiger partial charge in [-0.15, -0.1) is 0 Å². The van der Waals surface area contributed by atoms with Crippen molar-refractivity contribution in [2.75, 3.05) is 6.54 Å². The van der Waals surface area contributed by atoms with Crippen LogP contribution in [0.1, 0.15) is 21.6 Å². The number of nitrogens with two attached hydrogens (primary N) is 1. The maximum Gasteiger partial charge on any atom is 0.335 e. The number of aromatic carboxylic acids is 1. The van der Waals surface area contributed by atoms with Crippen molar-refractivity contribution in [3.05, 3.63) is 35.0 Å². The molecule has 98 valence electrons. The first-order valence-electron chi connectivity index (χ1n) is 6.13. The molecular formula is C14H14N2O3. The number of hydrogen-bond donors (Lipinski definition) is 2. The maximum atomic E-state index is 11.1. The summed E-state index contributed by atoms with van der Waals surface area (Å²) in [5.41, 5.74) is 8.58. The Morgan fingerprint density at radius 1 is 1.58 bits per heavy atom. The van der Waals surface area contributed by atoms with E-state index < -0.39 is 5.97 Å². The number of hydrogen-bond acceptors (Lipinski definition) is 4. The molecule has 1 aliphatic heterocycles. The Kier molecular flexibility index (Phi) is 2.64. The monoisotopic (exact) mass is 258 g/mol. The minimum Gasteiger partial charge on any atom is -0.488 e. The van der Waals surface area contributed by atoms with Crippen molar-refractivity contribution in [1.29, 1.82) is 0 Å². The van der Waals surface area contributed by atoms with Gasteiger partial charge in [0, 0.05) is 29.6 Å². The molecule has 0 bridgehead atoms. The molecule has 2 heterocycles. The Balaban J connectivity index is 2.25. The average molecular weight is 258 g/mol. The van der Waals surface area contributed by atoms with E-state index in [4.69, 9.17) is 15.6 Å². The van der Waals surface area contributed by atoms with Gasteiger partial charge >= 0.3 is 5.97 Å². The smallest absolute Gasteiger partial charge is 0.335 e. The molecule has 0 amide bonds. The first-order chi connectivity index (χ1) is 9.10. The number of nitrogens with zero attached hydrogens (tertiary/aromatic N) is 1. The quantitative estimate of drug-likeness (QED) is 0.852. The van der Waals surface area contributed by atoms with Gasteiger partial charge in [0.2, 0.25) is 0 Å². The standard InChI is InChI=1S/C14H14N2O3/c1-7-10-5-9(6-15)19-13(10)11-4-8(14(17)18)2-3-12(11)16-7/h2-4,9H,5-6,15H2,1H3,(H,17,18)/t9-/m0/s1. The van der Waals surface area contributed by atoms with Crippen molar-refractivity contribution in [2.45, 2.75) is 19.4 Å². The van der Waals surface area contributed by atoms with Gasteiger partial charge in [-0.3, -0.25) is 4.98 Å². The summed E-state index contributed by atoms with van der Waals surface area (Å²) in [5, 5.41) is 9.81. The summed E-state index contributed by atoms with van der Waals surface area (Å²) in [6.07, 6.45) is 0.687. The SMILES string of the molecule is Cc1nc2ccc(C(=O)O)cc2c2c1C[C@@H](CN)O2. The number of fused-ring (bicyclic) bond motifs is 3. The first-order valence-corrected chi connectivity index (χ1v) is 6.13. The van der Waals surface area contributed by atoms with Gasteiger partial charge in [0.1, 0.15) is 11.9 Å². The number of carbonyl (C=O) groups is 1. The summed E-state index contributed by atoms with van der Waals surface area (Å²) in [4.78, 5) is 15.6. The summed E-state index contributed by atoms with van der Waals surface area (Å²) in [7, 11) is 0. The average Bonchev–Trinajstić information content (AvgIpc) is 2.83. The van der Waals surface area contributed by atoms with Crippen LogP contribution in [0.5, 0.6) is 5.75 Å².